The van der Waals surface area contributed by atoms with Crippen LogP contribution in [0.25, 0.3) is 10.9 Å². The van der Waals surface area contributed by atoms with Gasteiger partial charge in [-0.3, -0.25) is 19.4 Å². The quantitative estimate of drug-likeness (QED) is 0.537. The highest BCUT2D eigenvalue weighted by molar-refractivity contribution is 6.31. The summed E-state index contributed by atoms with van der Waals surface area (Å²) in [6.07, 6.45) is 1.63. The lowest BCUT2D eigenvalue weighted by Gasteiger charge is -2.37. The van der Waals surface area contributed by atoms with Crippen LogP contribution in [0.3, 0.4) is 0 Å². The van der Waals surface area contributed by atoms with Crippen molar-refractivity contribution >= 4 is 46.0 Å². The maximum Gasteiger partial charge on any atom is 0.325 e. The van der Waals surface area contributed by atoms with Crippen molar-refractivity contribution in [3.05, 3.63) is 69.8 Å². The standard InChI is InChI=1S/C23H23Cl2N3O4/c24-16-3-1-2-15(10-16)12-26-6-8-27(9-7-26)22(23(31)32)19-13-28(14-21(29)30)20-11-17(25)4-5-18(19)20/h1-5,10-11,13,22H,6-9,12,14H2,(H,29,30)(H,31,32)/t22-/m0/s1. The first-order valence-electron chi connectivity index (χ1n) is 10.3. The smallest absolute Gasteiger partial charge is 0.325 e. The first-order chi connectivity index (χ1) is 15.3. The first kappa shape index (κ1) is 22.6. The summed E-state index contributed by atoms with van der Waals surface area (Å²) >= 11 is 12.2. The number of aromatic nitrogens is 1. The van der Waals surface area contributed by atoms with Crippen molar-refractivity contribution in [2.24, 2.45) is 0 Å². The summed E-state index contributed by atoms with van der Waals surface area (Å²) in [7, 11) is 0. The van der Waals surface area contributed by atoms with Crippen molar-refractivity contribution in [1.29, 1.82) is 0 Å². The Balaban J connectivity index is 1.56. The highest BCUT2D eigenvalue weighted by Gasteiger charge is 2.33. The molecule has 1 atom stereocenters. The molecule has 0 unspecified atom stereocenters. The highest BCUT2D eigenvalue weighted by Crippen LogP contribution is 2.33. The first-order valence-corrected chi connectivity index (χ1v) is 11.0. The van der Waals surface area contributed by atoms with Gasteiger partial charge in [0, 0.05) is 59.9 Å². The third kappa shape index (κ3) is 4.91. The molecule has 0 amide bonds. The van der Waals surface area contributed by atoms with Gasteiger partial charge in [0.1, 0.15) is 12.6 Å². The van der Waals surface area contributed by atoms with E-state index in [0.717, 1.165) is 25.2 Å². The van der Waals surface area contributed by atoms with Gasteiger partial charge in [-0.15, -0.1) is 0 Å². The summed E-state index contributed by atoms with van der Waals surface area (Å²) in [4.78, 5) is 27.9. The second kappa shape index (κ2) is 9.50. The van der Waals surface area contributed by atoms with Crippen molar-refractivity contribution in [3.63, 3.8) is 0 Å². The van der Waals surface area contributed by atoms with Crippen LogP contribution in [0, 0.1) is 0 Å². The minimum Gasteiger partial charge on any atom is -0.480 e. The summed E-state index contributed by atoms with van der Waals surface area (Å²) < 4.78 is 1.55. The Morgan fingerprint density at radius 3 is 2.34 bits per heavy atom. The van der Waals surface area contributed by atoms with E-state index in [2.05, 4.69) is 4.90 Å². The number of nitrogens with zero attached hydrogens (tertiary/aromatic N) is 3. The average Bonchev–Trinajstić information content (AvgIpc) is 3.06. The zero-order valence-electron chi connectivity index (χ0n) is 17.2. The Hall–Kier alpha value is -2.58. The molecule has 0 radical (unpaired) electrons. The van der Waals surface area contributed by atoms with E-state index in [4.69, 9.17) is 23.2 Å². The van der Waals surface area contributed by atoms with Gasteiger partial charge in [0.15, 0.2) is 0 Å². The van der Waals surface area contributed by atoms with Crippen molar-refractivity contribution in [1.82, 2.24) is 14.4 Å². The summed E-state index contributed by atoms with van der Waals surface area (Å²) in [5.41, 5.74) is 2.31. The lowest BCUT2D eigenvalue weighted by Crippen LogP contribution is -2.48. The van der Waals surface area contributed by atoms with Crippen molar-refractivity contribution in [2.75, 3.05) is 26.2 Å². The normalized spacial score (nSPS) is 16.3. The van der Waals surface area contributed by atoms with E-state index in [1.165, 1.54) is 0 Å². The lowest BCUT2D eigenvalue weighted by atomic mass is 10.0. The predicted octanol–water partition coefficient (Wildman–Crippen LogP) is 3.98. The molecule has 1 saturated heterocycles. The number of halogens is 2. The number of carbonyl (C=O) groups is 2. The van der Waals surface area contributed by atoms with Crippen LogP contribution >= 0.6 is 23.2 Å². The third-order valence-corrected chi connectivity index (χ3v) is 6.25. The highest BCUT2D eigenvalue weighted by atomic mass is 35.5. The average molecular weight is 476 g/mol. The summed E-state index contributed by atoms with van der Waals surface area (Å²) in [6, 6.07) is 12.0. The molecule has 2 aromatic carbocycles. The molecule has 32 heavy (non-hydrogen) atoms. The third-order valence-electron chi connectivity index (χ3n) is 5.78. The maximum absolute atomic E-state index is 12.3. The molecule has 1 aliphatic heterocycles. The topological polar surface area (TPSA) is 86.0 Å². The molecular formula is C23H23Cl2N3O4. The molecule has 1 fully saturated rings. The molecule has 2 N–H and O–H groups in total. The fourth-order valence-electron chi connectivity index (χ4n) is 4.35. The monoisotopic (exact) mass is 475 g/mol. The number of carboxylic acid groups (broad SMARTS) is 2. The van der Waals surface area contributed by atoms with Crippen LogP contribution in [0.15, 0.2) is 48.7 Å². The van der Waals surface area contributed by atoms with E-state index in [1.54, 1.807) is 29.0 Å². The Bertz CT molecular complexity index is 1160. The summed E-state index contributed by atoms with van der Waals surface area (Å²) in [5, 5.41) is 21.2. The summed E-state index contributed by atoms with van der Waals surface area (Å²) in [5.74, 6) is -1.97. The van der Waals surface area contributed by atoms with Crippen LogP contribution in [0.4, 0.5) is 0 Å². The van der Waals surface area contributed by atoms with Gasteiger partial charge in [0.25, 0.3) is 0 Å². The van der Waals surface area contributed by atoms with Gasteiger partial charge in [-0.2, -0.15) is 0 Å². The molecule has 0 bridgehead atoms. The van der Waals surface area contributed by atoms with Crippen molar-refractivity contribution < 1.29 is 19.8 Å². The minimum atomic E-state index is -1.00. The van der Waals surface area contributed by atoms with Gasteiger partial charge in [0.2, 0.25) is 0 Å². The number of aliphatic carboxylic acids is 2. The van der Waals surface area contributed by atoms with Crippen LogP contribution in [0.1, 0.15) is 17.2 Å². The van der Waals surface area contributed by atoms with Crippen LogP contribution in [0.2, 0.25) is 10.0 Å². The number of hydrogen-bond donors (Lipinski definition) is 2. The summed E-state index contributed by atoms with van der Waals surface area (Å²) in [6.45, 7) is 3.08. The fraction of sp³-hybridized carbons (Fsp3) is 0.304. The molecule has 2 heterocycles. The van der Waals surface area contributed by atoms with Crippen LogP contribution in [-0.4, -0.2) is 62.7 Å². The van der Waals surface area contributed by atoms with E-state index in [0.29, 0.717) is 39.6 Å². The zero-order chi connectivity index (χ0) is 22.8. The van der Waals surface area contributed by atoms with E-state index < -0.39 is 18.0 Å². The van der Waals surface area contributed by atoms with Crippen LogP contribution in [0.5, 0.6) is 0 Å². The molecule has 7 nitrogen and oxygen atoms in total. The molecule has 1 aliphatic rings. The van der Waals surface area contributed by atoms with E-state index >= 15 is 0 Å². The number of carboxylic acids is 2. The van der Waals surface area contributed by atoms with Crippen molar-refractivity contribution in [2.45, 2.75) is 19.1 Å². The Morgan fingerprint density at radius 2 is 1.69 bits per heavy atom. The molecule has 168 valence electrons. The lowest BCUT2D eigenvalue weighted by molar-refractivity contribution is -0.144. The number of benzene rings is 2. The Morgan fingerprint density at radius 1 is 0.969 bits per heavy atom. The number of piperazine rings is 1. The predicted molar refractivity (Wildman–Crippen MR) is 123 cm³/mol. The minimum absolute atomic E-state index is 0.267. The molecule has 3 aromatic rings. The largest absolute Gasteiger partial charge is 0.480 e. The molecule has 0 aliphatic carbocycles. The fourth-order valence-corrected chi connectivity index (χ4v) is 4.73. The molecular weight excluding hydrogens is 453 g/mol. The second-order valence-electron chi connectivity index (χ2n) is 7.95. The van der Waals surface area contributed by atoms with Crippen LogP contribution in [-0.2, 0) is 22.7 Å². The zero-order valence-corrected chi connectivity index (χ0v) is 18.8. The molecule has 4 rings (SSSR count). The van der Waals surface area contributed by atoms with Gasteiger partial charge in [0.05, 0.1) is 5.52 Å². The van der Waals surface area contributed by atoms with E-state index in [-0.39, 0.29) is 6.54 Å². The Labute approximate surface area is 195 Å². The SMILES string of the molecule is O=C(O)Cn1cc([C@@H](C(=O)O)N2CCN(Cc3cccc(Cl)c3)CC2)c2ccc(Cl)cc21. The number of hydrogen-bond acceptors (Lipinski definition) is 4. The maximum atomic E-state index is 12.3. The van der Waals surface area contributed by atoms with E-state index in [1.807, 2.05) is 29.2 Å². The molecule has 0 saturated carbocycles. The van der Waals surface area contributed by atoms with Gasteiger partial charge < -0.3 is 14.8 Å². The van der Waals surface area contributed by atoms with Gasteiger partial charge >= 0.3 is 11.9 Å². The van der Waals surface area contributed by atoms with Gasteiger partial charge in [-0.25, -0.2) is 0 Å². The second-order valence-corrected chi connectivity index (χ2v) is 8.82. The van der Waals surface area contributed by atoms with Gasteiger partial charge in [-0.05, 0) is 29.8 Å². The molecule has 0 spiro atoms. The van der Waals surface area contributed by atoms with E-state index in [9.17, 15) is 19.8 Å². The van der Waals surface area contributed by atoms with Gasteiger partial charge in [-0.1, -0.05) is 41.4 Å². The number of rotatable bonds is 7. The van der Waals surface area contributed by atoms with Crippen LogP contribution < -0.4 is 0 Å². The van der Waals surface area contributed by atoms with Crippen molar-refractivity contribution in [3.8, 4) is 0 Å². The number of fused-ring (bicyclic) bond motifs is 1. The molecule has 9 heteroatoms. The Kier molecular flexibility index (Phi) is 6.71. The molecule has 1 aromatic heterocycles.